The molecule has 24 heavy (non-hydrogen) atoms. The van der Waals surface area contributed by atoms with Crippen molar-refractivity contribution in [3.63, 3.8) is 0 Å². The highest BCUT2D eigenvalue weighted by atomic mass is 28.4. The molecule has 0 aliphatic heterocycles. The predicted octanol–water partition coefficient (Wildman–Crippen LogP) is 5.20. The number of hydrogen-bond donors (Lipinski definition) is 2. The fourth-order valence-electron chi connectivity index (χ4n) is 4.45. The molecular formula is C19H45N3Si2. The average molecular weight is 372 g/mol. The van der Waals surface area contributed by atoms with Gasteiger partial charge in [0.25, 0.3) is 8.56 Å². The van der Waals surface area contributed by atoms with E-state index in [2.05, 4.69) is 54.6 Å². The van der Waals surface area contributed by atoms with Crippen molar-refractivity contribution in [2.75, 3.05) is 19.6 Å². The summed E-state index contributed by atoms with van der Waals surface area (Å²) < 4.78 is 2.99. The maximum Gasteiger partial charge on any atom is 0.280 e. The topological polar surface area (TPSA) is 27.3 Å². The van der Waals surface area contributed by atoms with Crippen LogP contribution in [0.1, 0.15) is 78.6 Å². The van der Waals surface area contributed by atoms with E-state index in [9.17, 15) is 0 Å². The van der Waals surface area contributed by atoms with Crippen molar-refractivity contribution in [1.82, 2.24) is 14.2 Å². The first-order valence-corrected chi connectivity index (χ1v) is 16.2. The number of nitrogens with one attached hydrogen (secondary N) is 2. The smallest absolute Gasteiger partial charge is 0.280 e. The molecule has 1 fully saturated rings. The van der Waals surface area contributed by atoms with Crippen LogP contribution in [-0.2, 0) is 0 Å². The van der Waals surface area contributed by atoms with Crippen LogP contribution in [0.15, 0.2) is 0 Å². The van der Waals surface area contributed by atoms with E-state index in [4.69, 9.17) is 0 Å². The van der Waals surface area contributed by atoms with Gasteiger partial charge in [-0.05, 0) is 50.9 Å². The minimum atomic E-state index is -1.84. The first kappa shape index (κ1) is 22.4. The Hall–Kier alpha value is 0.314. The van der Waals surface area contributed by atoms with Gasteiger partial charge >= 0.3 is 0 Å². The van der Waals surface area contributed by atoms with Crippen LogP contribution in [0.3, 0.4) is 0 Å². The van der Waals surface area contributed by atoms with Gasteiger partial charge in [-0.1, -0.05) is 72.5 Å². The minimum absolute atomic E-state index is 0.881. The van der Waals surface area contributed by atoms with E-state index in [1.165, 1.54) is 77.4 Å². The zero-order chi connectivity index (χ0) is 18.1. The molecule has 1 saturated carbocycles. The summed E-state index contributed by atoms with van der Waals surface area (Å²) in [5.41, 5.74) is 0.881. The highest BCUT2D eigenvalue weighted by Gasteiger charge is 2.50. The van der Waals surface area contributed by atoms with E-state index in [1.54, 1.807) is 0 Å². The molecule has 0 aromatic heterocycles. The quantitative estimate of drug-likeness (QED) is 0.365. The lowest BCUT2D eigenvalue weighted by Crippen LogP contribution is -2.80. The van der Waals surface area contributed by atoms with Gasteiger partial charge in [-0.15, -0.1) is 0 Å². The molecule has 0 saturated heterocycles. The molecule has 0 bridgehead atoms. The van der Waals surface area contributed by atoms with Gasteiger partial charge in [0.2, 0.25) is 0 Å². The molecule has 3 nitrogen and oxygen atoms in total. The number of rotatable bonds is 12. The highest BCUT2D eigenvalue weighted by Crippen LogP contribution is 2.37. The Kier molecular flexibility index (Phi) is 10.4. The standard InChI is InChI=1S/C19H45N3Si2/c1-7-10-17-20-24(21-18-11-8-2,19-15-13-12-14-16-19)22(9-3)23(4,5)6/h19-21H,7-18H2,1-6H3. The summed E-state index contributed by atoms with van der Waals surface area (Å²) in [5.74, 6) is 0. The lowest BCUT2D eigenvalue weighted by Gasteiger charge is -2.53. The van der Waals surface area contributed by atoms with Crippen molar-refractivity contribution in [3.8, 4) is 0 Å². The van der Waals surface area contributed by atoms with Crippen LogP contribution in [0.5, 0.6) is 0 Å². The Morgan fingerprint density at radius 3 is 1.71 bits per heavy atom. The van der Waals surface area contributed by atoms with Crippen molar-refractivity contribution in [2.45, 2.75) is 104 Å². The molecule has 1 aliphatic rings. The molecule has 5 heteroatoms. The second-order valence-corrected chi connectivity index (χ2v) is 17.5. The van der Waals surface area contributed by atoms with E-state index < -0.39 is 16.8 Å². The summed E-state index contributed by atoms with van der Waals surface area (Å²) in [6.45, 7) is 18.2. The van der Waals surface area contributed by atoms with Crippen LogP contribution in [0.25, 0.3) is 0 Å². The van der Waals surface area contributed by atoms with E-state index in [0.29, 0.717) is 0 Å². The van der Waals surface area contributed by atoms with E-state index >= 15 is 0 Å². The molecule has 0 spiro atoms. The van der Waals surface area contributed by atoms with Crippen molar-refractivity contribution in [2.24, 2.45) is 0 Å². The summed E-state index contributed by atoms with van der Waals surface area (Å²) in [6.07, 6.45) is 12.4. The number of unbranched alkanes of at least 4 members (excludes halogenated alkanes) is 2. The number of nitrogens with zero attached hydrogens (tertiary/aromatic N) is 1. The van der Waals surface area contributed by atoms with Crippen LogP contribution >= 0.6 is 0 Å². The maximum absolute atomic E-state index is 4.21. The van der Waals surface area contributed by atoms with Crippen LogP contribution in [0, 0.1) is 0 Å². The third-order valence-corrected chi connectivity index (χ3v) is 15.1. The fourth-order valence-corrected chi connectivity index (χ4v) is 15.0. The monoisotopic (exact) mass is 371 g/mol. The molecule has 0 unspecified atom stereocenters. The molecule has 0 aromatic carbocycles. The lowest BCUT2D eigenvalue weighted by molar-refractivity contribution is 0.437. The zero-order valence-electron chi connectivity index (χ0n) is 17.5. The van der Waals surface area contributed by atoms with Gasteiger partial charge in [-0.3, -0.25) is 0 Å². The van der Waals surface area contributed by atoms with Gasteiger partial charge in [-0.25, -0.2) is 0 Å². The normalized spacial score (nSPS) is 17.6. The van der Waals surface area contributed by atoms with Crippen molar-refractivity contribution in [1.29, 1.82) is 0 Å². The molecule has 0 aromatic rings. The molecule has 0 heterocycles. The fraction of sp³-hybridized carbons (Fsp3) is 1.00. The zero-order valence-corrected chi connectivity index (χ0v) is 19.5. The van der Waals surface area contributed by atoms with Crippen molar-refractivity contribution in [3.05, 3.63) is 0 Å². The predicted molar refractivity (Wildman–Crippen MR) is 114 cm³/mol. The third kappa shape index (κ3) is 6.24. The highest BCUT2D eigenvalue weighted by molar-refractivity contribution is 6.89. The summed E-state index contributed by atoms with van der Waals surface area (Å²) in [4.78, 5) is 8.42. The van der Waals surface area contributed by atoms with E-state index in [1.807, 2.05) is 0 Å². The Morgan fingerprint density at radius 1 is 0.833 bits per heavy atom. The van der Waals surface area contributed by atoms with Gasteiger partial charge < -0.3 is 14.2 Å². The van der Waals surface area contributed by atoms with Crippen molar-refractivity contribution >= 4 is 16.8 Å². The summed E-state index contributed by atoms with van der Waals surface area (Å²) >= 11 is 0. The van der Waals surface area contributed by atoms with E-state index in [-0.39, 0.29) is 0 Å². The van der Waals surface area contributed by atoms with Crippen molar-refractivity contribution < 1.29 is 0 Å². The van der Waals surface area contributed by atoms with E-state index in [0.717, 1.165) is 5.54 Å². The molecular weight excluding hydrogens is 326 g/mol. The second kappa shape index (κ2) is 11.1. The number of hydrogen-bond acceptors (Lipinski definition) is 3. The van der Waals surface area contributed by atoms with Crippen LogP contribution in [-0.4, -0.2) is 40.7 Å². The summed E-state index contributed by atoms with van der Waals surface area (Å²) in [6, 6.07) is 0. The van der Waals surface area contributed by atoms with Crippen LogP contribution in [0.2, 0.25) is 25.2 Å². The molecule has 144 valence electrons. The summed E-state index contributed by atoms with van der Waals surface area (Å²) in [5, 5.41) is 0. The molecule has 1 aliphatic carbocycles. The van der Waals surface area contributed by atoms with Crippen LogP contribution < -0.4 is 9.96 Å². The van der Waals surface area contributed by atoms with Gasteiger partial charge in [-0.2, -0.15) is 0 Å². The van der Waals surface area contributed by atoms with Gasteiger partial charge in [0.15, 0.2) is 0 Å². The Labute approximate surface area is 154 Å². The third-order valence-electron chi connectivity index (χ3n) is 5.60. The van der Waals surface area contributed by atoms with Gasteiger partial charge in [0, 0.05) is 0 Å². The Bertz CT molecular complexity index is 315. The second-order valence-electron chi connectivity index (χ2n) is 8.58. The lowest BCUT2D eigenvalue weighted by atomic mass is 10.0. The van der Waals surface area contributed by atoms with Gasteiger partial charge in [0.05, 0.1) is 0 Å². The Balaban J connectivity index is 3.12. The minimum Gasteiger partial charge on any atom is -0.321 e. The summed E-state index contributed by atoms with van der Waals surface area (Å²) in [7, 11) is -3.20. The SMILES string of the molecule is CCCCN[Si](NCCCC)(C1CCCCC1)N(CC)[Si](C)(C)C. The molecule has 0 radical (unpaired) electrons. The average Bonchev–Trinajstić information content (AvgIpc) is 2.55. The molecule has 1 rings (SSSR count). The first-order chi connectivity index (χ1) is 11.4. The molecule has 2 N–H and O–H groups in total. The first-order valence-electron chi connectivity index (χ1n) is 10.7. The Morgan fingerprint density at radius 2 is 1.33 bits per heavy atom. The van der Waals surface area contributed by atoms with Crippen LogP contribution in [0.4, 0.5) is 0 Å². The molecule has 0 atom stereocenters. The molecule has 0 amide bonds. The van der Waals surface area contributed by atoms with Gasteiger partial charge in [0.1, 0.15) is 8.24 Å². The largest absolute Gasteiger partial charge is 0.321 e. The maximum atomic E-state index is 4.21.